The number of hydrogen-bond acceptors (Lipinski definition) is 4. The zero-order valence-electron chi connectivity index (χ0n) is 11.8. The van der Waals surface area contributed by atoms with Gasteiger partial charge in [-0.05, 0) is 62.5 Å². The van der Waals surface area contributed by atoms with Gasteiger partial charge in [0.05, 0.1) is 11.1 Å². The molecule has 106 valence electrons. The number of nitrogens with one attached hydrogen (secondary N) is 1. The van der Waals surface area contributed by atoms with E-state index in [1.54, 1.807) is 0 Å². The summed E-state index contributed by atoms with van der Waals surface area (Å²) >= 11 is 5.04. The third-order valence-corrected chi connectivity index (χ3v) is 4.24. The minimum atomic E-state index is 0.312. The number of H-pyrrole nitrogens is 1. The van der Waals surface area contributed by atoms with Crippen molar-refractivity contribution in [3.05, 3.63) is 39.9 Å². The zero-order valence-corrected chi connectivity index (χ0v) is 12.6. The lowest BCUT2D eigenvalue weighted by atomic mass is 9.89. The minimum Gasteiger partial charge on any atom is -0.409 e. The SMILES string of the molecule is Cc1ccc2nc3c(c(-c4n[nH]c(=S)o4)c2c1)CCCC3. The number of pyridine rings is 1. The summed E-state index contributed by atoms with van der Waals surface area (Å²) in [6, 6.07) is 6.32. The average molecular weight is 297 g/mol. The highest BCUT2D eigenvalue weighted by Gasteiger charge is 2.22. The number of aromatic amines is 1. The van der Waals surface area contributed by atoms with Crippen LogP contribution in [0.15, 0.2) is 22.6 Å². The molecular formula is C16H15N3OS. The molecule has 0 atom stereocenters. The van der Waals surface area contributed by atoms with E-state index in [9.17, 15) is 0 Å². The molecule has 1 aliphatic rings. The molecule has 0 fully saturated rings. The van der Waals surface area contributed by atoms with Crippen molar-refractivity contribution in [1.29, 1.82) is 0 Å². The van der Waals surface area contributed by atoms with Crippen molar-refractivity contribution in [2.75, 3.05) is 0 Å². The Morgan fingerprint density at radius 1 is 1.24 bits per heavy atom. The highest BCUT2D eigenvalue weighted by molar-refractivity contribution is 7.71. The number of rotatable bonds is 1. The number of aromatic nitrogens is 3. The van der Waals surface area contributed by atoms with Gasteiger partial charge >= 0.3 is 0 Å². The van der Waals surface area contributed by atoms with Gasteiger partial charge in [-0.1, -0.05) is 11.6 Å². The lowest BCUT2D eigenvalue weighted by Crippen LogP contribution is -2.08. The maximum absolute atomic E-state index is 5.60. The summed E-state index contributed by atoms with van der Waals surface area (Å²) in [6.07, 6.45) is 4.43. The summed E-state index contributed by atoms with van der Waals surface area (Å²) in [5.41, 5.74) is 5.71. The molecule has 21 heavy (non-hydrogen) atoms. The van der Waals surface area contributed by atoms with Crippen LogP contribution in [0.3, 0.4) is 0 Å². The molecule has 0 unspecified atom stereocenters. The van der Waals surface area contributed by atoms with Crippen molar-refractivity contribution in [2.24, 2.45) is 0 Å². The Bertz CT molecular complexity index is 894. The molecule has 0 saturated carbocycles. The molecule has 5 heteroatoms. The number of hydrogen-bond donors (Lipinski definition) is 1. The molecule has 0 aliphatic heterocycles. The molecular weight excluding hydrogens is 282 g/mol. The van der Waals surface area contributed by atoms with Crippen LogP contribution in [0.2, 0.25) is 0 Å². The molecule has 1 N–H and O–H groups in total. The third kappa shape index (κ3) is 2.08. The van der Waals surface area contributed by atoms with E-state index in [1.807, 2.05) is 0 Å². The van der Waals surface area contributed by atoms with E-state index in [-0.39, 0.29) is 0 Å². The van der Waals surface area contributed by atoms with Crippen LogP contribution in [0, 0.1) is 11.8 Å². The first-order valence-electron chi connectivity index (χ1n) is 7.20. The Balaban J connectivity index is 2.13. The van der Waals surface area contributed by atoms with E-state index in [0.29, 0.717) is 10.7 Å². The Hall–Kier alpha value is -2.01. The zero-order chi connectivity index (χ0) is 14.4. The van der Waals surface area contributed by atoms with Gasteiger partial charge in [-0.2, -0.15) is 0 Å². The van der Waals surface area contributed by atoms with Gasteiger partial charge in [0.2, 0.25) is 5.89 Å². The molecule has 0 radical (unpaired) electrons. The molecule has 2 aromatic heterocycles. The summed E-state index contributed by atoms with van der Waals surface area (Å²) in [7, 11) is 0. The lowest BCUT2D eigenvalue weighted by Gasteiger charge is -2.19. The van der Waals surface area contributed by atoms with Crippen LogP contribution in [0.5, 0.6) is 0 Å². The van der Waals surface area contributed by atoms with Gasteiger partial charge in [0.1, 0.15) is 0 Å². The fraction of sp³-hybridized carbons (Fsp3) is 0.312. The van der Waals surface area contributed by atoms with Crippen LogP contribution in [-0.4, -0.2) is 15.2 Å². The van der Waals surface area contributed by atoms with Gasteiger partial charge in [0, 0.05) is 11.1 Å². The van der Waals surface area contributed by atoms with Crippen LogP contribution in [0.25, 0.3) is 22.4 Å². The largest absolute Gasteiger partial charge is 0.409 e. The monoisotopic (exact) mass is 297 g/mol. The van der Waals surface area contributed by atoms with E-state index in [4.69, 9.17) is 21.6 Å². The number of nitrogens with zero attached hydrogens (tertiary/aromatic N) is 2. The number of benzene rings is 1. The number of aryl methyl sites for hydroxylation is 2. The molecule has 0 spiro atoms. The van der Waals surface area contributed by atoms with Crippen molar-refractivity contribution < 1.29 is 4.42 Å². The van der Waals surface area contributed by atoms with E-state index in [0.717, 1.165) is 29.3 Å². The summed E-state index contributed by atoms with van der Waals surface area (Å²) in [5.74, 6) is 0.580. The van der Waals surface area contributed by atoms with E-state index in [1.165, 1.54) is 29.7 Å². The highest BCUT2D eigenvalue weighted by atomic mass is 32.1. The second-order valence-corrected chi connectivity index (χ2v) is 5.93. The smallest absolute Gasteiger partial charge is 0.284 e. The first-order chi connectivity index (χ1) is 10.2. The summed E-state index contributed by atoms with van der Waals surface area (Å²) in [4.78, 5) is 5.16. The van der Waals surface area contributed by atoms with Gasteiger partial charge < -0.3 is 4.42 Å². The van der Waals surface area contributed by atoms with E-state index < -0.39 is 0 Å². The average Bonchev–Trinajstić information content (AvgIpc) is 2.91. The number of fused-ring (bicyclic) bond motifs is 2. The maximum Gasteiger partial charge on any atom is 0.284 e. The summed E-state index contributed by atoms with van der Waals surface area (Å²) in [6.45, 7) is 2.09. The lowest BCUT2D eigenvalue weighted by molar-refractivity contribution is 0.550. The van der Waals surface area contributed by atoms with E-state index >= 15 is 0 Å². The topological polar surface area (TPSA) is 54.7 Å². The maximum atomic E-state index is 5.60. The van der Waals surface area contributed by atoms with E-state index in [2.05, 4.69) is 35.3 Å². The molecule has 0 saturated heterocycles. The Morgan fingerprint density at radius 2 is 2.10 bits per heavy atom. The first kappa shape index (κ1) is 12.7. The third-order valence-electron chi connectivity index (χ3n) is 4.07. The van der Waals surface area contributed by atoms with Gasteiger partial charge in [0.25, 0.3) is 4.84 Å². The van der Waals surface area contributed by atoms with Crippen molar-refractivity contribution >= 4 is 23.1 Å². The van der Waals surface area contributed by atoms with Crippen molar-refractivity contribution in [2.45, 2.75) is 32.6 Å². The quantitative estimate of drug-likeness (QED) is 0.686. The molecule has 2 heterocycles. The van der Waals surface area contributed by atoms with Crippen molar-refractivity contribution in [3.8, 4) is 11.5 Å². The van der Waals surface area contributed by atoms with Crippen molar-refractivity contribution in [3.63, 3.8) is 0 Å². The molecule has 1 aliphatic carbocycles. The summed E-state index contributed by atoms with van der Waals surface area (Å²) < 4.78 is 5.60. The van der Waals surface area contributed by atoms with Gasteiger partial charge in [-0.25, -0.2) is 5.10 Å². The van der Waals surface area contributed by atoms with Gasteiger partial charge in [-0.15, -0.1) is 5.10 Å². The van der Waals surface area contributed by atoms with Crippen LogP contribution >= 0.6 is 12.2 Å². The Kier molecular flexibility index (Phi) is 2.89. The Labute approximate surface area is 127 Å². The predicted molar refractivity (Wildman–Crippen MR) is 83.8 cm³/mol. The molecule has 0 amide bonds. The highest BCUT2D eigenvalue weighted by Crippen LogP contribution is 2.35. The fourth-order valence-electron chi connectivity index (χ4n) is 3.12. The van der Waals surface area contributed by atoms with Gasteiger partial charge in [-0.3, -0.25) is 4.98 Å². The standard InChI is InChI=1S/C16H15N3OS/c1-9-6-7-13-11(8-9)14(15-18-19-16(21)20-15)10-4-2-3-5-12(10)17-13/h6-8H,2-5H2,1H3,(H,19,21). The first-order valence-corrected chi connectivity index (χ1v) is 7.61. The van der Waals surface area contributed by atoms with Crippen molar-refractivity contribution in [1.82, 2.24) is 15.2 Å². The van der Waals surface area contributed by atoms with Crippen LogP contribution in [0.4, 0.5) is 0 Å². The summed E-state index contributed by atoms with van der Waals surface area (Å²) in [5, 5.41) is 8.08. The molecule has 1 aromatic carbocycles. The van der Waals surface area contributed by atoms with Gasteiger partial charge in [0.15, 0.2) is 0 Å². The van der Waals surface area contributed by atoms with Crippen LogP contribution in [-0.2, 0) is 12.8 Å². The molecule has 3 aromatic rings. The molecule has 0 bridgehead atoms. The second-order valence-electron chi connectivity index (χ2n) is 5.56. The molecule has 4 rings (SSSR count). The second kappa shape index (κ2) is 4.77. The fourth-order valence-corrected chi connectivity index (χ4v) is 3.24. The Morgan fingerprint density at radius 3 is 2.90 bits per heavy atom. The normalized spacial score (nSPS) is 14.3. The molecule has 4 nitrogen and oxygen atoms in total. The van der Waals surface area contributed by atoms with Crippen LogP contribution < -0.4 is 0 Å². The van der Waals surface area contributed by atoms with Crippen LogP contribution in [0.1, 0.15) is 29.7 Å². The minimum absolute atomic E-state index is 0.312. The predicted octanol–water partition coefficient (Wildman–Crippen LogP) is 4.13.